The van der Waals surface area contributed by atoms with Crippen LogP contribution in [0.1, 0.15) is 93.4 Å². The number of carbonyl (C=O) groups excluding carboxylic acids is 6. The molecule has 2 aliphatic rings. The third kappa shape index (κ3) is 13.6. The van der Waals surface area contributed by atoms with E-state index < -0.39 is 41.8 Å². The first-order chi connectivity index (χ1) is 24.5. The molecule has 13 heteroatoms. The molecule has 0 saturated carbocycles. The molecule has 13 nitrogen and oxygen atoms in total. The molecular formula is C39H59N5O8. The summed E-state index contributed by atoms with van der Waals surface area (Å²) in [6, 6.07) is -0.703. The number of aliphatic hydroxyl groups is 1. The Balaban J connectivity index is 2.40. The van der Waals surface area contributed by atoms with Gasteiger partial charge in [-0.2, -0.15) is 0 Å². The molecule has 288 valence electrons. The fraction of sp³-hybridized carbons (Fsp3) is 0.590. The second kappa shape index (κ2) is 21.2. The molecule has 0 saturated heterocycles. The molecule has 4 amide bonds. The zero-order valence-electron chi connectivity index (χ0n) is 31.8. The molecule has 0 aromatic rings. The first kappa shape index (κ1) is 43.8. The number of allylic oxidation sites excluding steroid dienone is 5. The summed E-state index contributed by atoms with van der Waals surface area (Å²) in [6.45, 7) is 13.0. The van der Waals surface area contributed by atoms with Crippen LogP contribution < -0.4 is 27.4 Å². The third-order valence-corrected chi connectivity index (χ3v) is 9.51. The molecule has 52 heavy (non-hydrogen) atoms. The normalized spacial score (nSPS) is 28.3. The van der Waals surface area contributed by atoms with Crippen molar-refractivity contribution in [3.63, 3.8) is 0 Å². The first-order valence-corrected chi connectivity index (χ1v) is 18.2. The lowest BCUT2D eigenvalue weighted by atomic mass is 9.80. The van der Waals surface area contributed by atoms with Crippen molar-refractivity contribution in [3.8, 4) is 0 Å². The molecule has 0 unspecified atom stereocenters. The molecule has 1 heterocycles. The Hall–Kier alpha value is -4.36. The van der Waals surface area contributed by atoms with Crippen LogP contribution in [-0.2, 0) is 28.7 Å². The first-order valence-electron chi connectivity index (χ1n) is 18.2. The van der Waals surface area contributed by atoms with Crippen molar-refractivity contribution in [2.24, 2.45) is 35.1 Å². The van der Waals surface area contributed by atoms with Gasteiger partial charge in [0.15, 0.2) is 5.78 Å². The molecule has 7 atom stereocenters. The van der Waals surface area contributed by atoms with Gasteiger partial charge in [-0.1, -0.05) is 52.0 Å². The zero-order chi connectivity index (χ0) is 39.1. The van der Waals surface area contributed by atoms with Crippen LogP contribution in [-0.4, -0.2) is 71.8 Å². The maximum absolute atomic E-state index is 13.9. The number of amides is 4. The molecule has 0 spiro atoms. The number of ether oxygens (including phenoxy) is 1. The molecule has 2 bridgehead atoms. The summed E-state index contributed by atoms with van der Waals surface area (Å²) in [7, 11) is 0. The van der Waals surface area contributed by atoms with Gasteiger partial charge in [-0.05, 0) is 82.7 Å². The number of rotatable bonds is 11. The zero-order valence-corrected chi connectivity index (χ0v) is 31.8. The topological polar surface area (TPSA) is 220 Å². The predicted octanol–water partition coefficient (Wildman–Crippen LogP) is 3.58. The summed E-state index contributed by atoms with van der Waals surface area (Å²) >= 11 is 0. The Morgan fingerprint density at radius 2 is 1.75 bits per heavy atom. The van der Waals surface area contributed by atoms with Gasteiger partial charge < -0.3 is 37.3 Å². The number of nitrogens with one attached hydrogen (secondary N) is 3. The Kier molecular flexibility index (Phi) is 17.9. The van der Waals surface area contributed by atoms with E-state index in [1.165, 1.54) is 6.92 Å². The van der Waals surface area contributed by atoms with Crippen molar-refractivity contribution in [1.29, 1.82) is 0 Å². The summed E-state index contributed by atoms with van der Waals surface area (Å²) in [5, 5.41) is 19.4. The van der Waals surface area contributed by atoms with Crippen molar-refractivity contribution in [2.75, 3.05) is 13.1 Å². The van der Waals surface area contributed by atoms with Crippen LogP contribution >= 0.6 is 0 Å². The number of hydrogen-bond donors (Lipinski definition) is 6. The van der Waals surface area contributed by atoms with Gasteiger partial charge in [0.05, 0.1) is 11.8 Å². The van der Waals surface area contributed by atoms with E-state index in [4.69, 9.17) is 16.2 Å². The molecule has 0 aromatic carbocycles. The predicted molar refractivity (Wildman–Crippen MR) is 199 cm³/mol. The summed E-state index contributed by atoms with van der Waals surface area (Å²) in [6.07, 6.45) is 8.72. The van der Waals surface area contributed by atoms with Crippen LogP contribution in [0.2, 0.25) is 0 Å². The van der Waals surface area contributed by atoms with Crippen LogP contribution in [0.3, 0.4) is 0 Å². The minimum atomic E-state index is -0.931. The second-order valence-corrected chi connectivity index (χ2v) is 14.3. The van der Waals surface area contributed by atoms with Crippen LogP contribution in [0.5, 0.6) is 0 Å². The van der Waals surface area contributed by atoms with E-state index in [1.807, 2.05) is 40.7 Å². The number of carbonyl (C=O) groups is 6. The van der Waals surface area contributed by atoms with Crippen molar-refractivity contribution < 1.29 is 38.6 Å². The van der Waals surface area contributed by atoms with Gasteiger partial charge in [-0.25, -0.2) is 4.79 Å². The van der Waals surface area contributed by atoms with Crippen molar-refractivity contribution in [1.82, 2.24) is 16.0 Å². The third-order valence-electron chi connectivity index (χ3n) is 9.51. The minimum Gasteiger partial charge on any atom is -0.441 e. The van der Waals surface area contributed by atoms with Crippen molar-refractivity contribution >= 4 is 35.4 Å². The Morgan fingerprint density at radius 1 is 1.06 bits per heavy atom. The molecule has 0 radical (unpaired) electrons. The number of nitrogens with two attached hydrogens (primary N) is 2. The van der Waals surface area contributed by atoms with Gasteiger partial charge in [-0.15, -0.1) is 0 Å². The number of hydrogen-bond acceptors (Lipinski definition) is 9. The van der Waals surface area contributed by atoms with Crippen molar-refractivity contribution in [3.05, 3.63) is 58.4 Å². The number of ketones is 2. The average Bonchev–Trinajstić information content (AvgIpc) is 3.06. The molecule has 1 aliphatic carbocycles. The van der Waals surface area contributed by atoms with Gasteiger partial charge >= 0.3 is 6.09 Å². The molecule has 1 aliphatic heterocycles. The van der Waals surface area contributed by atoms with Gasteiger partial charge in [0, 0.05) is 48.1 Å². The van der Waals surface area contributed by atoms with Crippen LogP contribution in [0.15, 0.2) is 58.4 Å². The van der Waals surface area contributed by atoms with E-state index in [-0.39, 0.29) is 66.1 Å². The van der Waals surface area contributed by atoms with Crippen molar-refractivity contribution in [2.45, 2.75) is 112 Å². The fourth-order valence-electron chi connectivity index (χ4n) is 6.77. The monoisotopic (exact) mass is 725 g/mol. The summed E-state index contributed by atoms with van der Waals surface area (Å²) in [5.74, 6) is -3.06. The highest BCUT2D eigenvalue weighted by molar-refractivity contribution is 6.23. The summed E-state index contributed by atoms with van der Waals surface area (Å²) in [4.78, 5) is 76.9. The average molecular weight is 726 g/mol. The maximum atomic E-state index is 13.9. The van der Waals surface area contributed by atoms with E-state index in [9.17, 15) is 33.9 Å². The highest BCUT2D eigenvalue weighted by atomic mass is 16.6. The van der Waals surface area contributed by atoms with E-state index in [0.717, 1.165) is 12.5 Å². The lowest BCUT2D eigenvalue weighted by Gasteiger charge is -2.28. The highest BCUT2D eigenvalue weighted by Gasteiger charge is 2.32. The lowest BCUT2D eigenvalue weighted by Crippen LogP contribution is -2.46. The van der Waals surface area contributed by atoms with E-state index in [1.54, 1.807) is 25.2 Å². The van der Waals surface area contributed by atoms with Gasteiger partial charge in [-0.3, -0.25) is 24.0 Å². The van der Waals surface area contributed by atoms with Gasteiger partial charge in [0.2, 0.25) is 17.6 Å². The van der Waals surface area contributed by atoms with Gasteiger partial charge in [0.25, 0.3) is 5.91 Å². The largest absolute Gasteiger partial charge is 0.441 e. The standard InChI is InChI=1S/C39H59N5O8/c1-22-18-25(4)34(47)26(5)20-27(6)36(52-39(41)51)23(2)12-10-13-24(3)37(49)44-32-21-33(46)29(30(19-22)35(32)48)14-11-17-42-38(50)31(43-28(7)45)15-8-9-16-40/h10,12-13,20-23,25-26,31,34,36,47H,8-9,11,14-19,40H2,1-7H3,(H2,41,51)(H,42,50)(H,43,45)(H,44,49)/b12-10-,24-13+,27-20+/t22-,23-,25-,26-,31-,34-,36+/m0/s1. The quantitative estimate of drug-likeness (QED) is 0.104. The Bertz CT molecular complexity index is 1490. The molecule has 0 aromatic heterocycles. The van der Waals surface area contributed by atoms with E-state index in [0.29, 0.717) is 48.9 Å². The van der Waals surface area contributed by atoms with Gasteiger partial charge in [0.1, 0.15) is 12.1 Å². The number of Topliss-reactive ketones (excluding diaryl/α,β-unsaturated/α-hetero) is 1. The number of fused-ring (bicyclic) bond motifs is 2. The molecular weight excluding hydrogens is 666 g/mol. The smallest absolute Gasteiger partial charge is 0.405 e. The Morgan fingerprint density at radius 3 is 2.38 bits per heavy atom. The number of unbranched alkanes of at least 4 members (excludes halogenated alkanes) is 1. The summed E-state index contributed by atoms with van der Waals surface area (Å²) in [5.41, 5.74) is 12.4. The maximum Gasteiger partial charge on any atom is 0.405 e. The molecule has 0 fully saturated rings. The number of aliphatic hydroxyl groups excluding tert-OH is 1. The van der Waals surface area contributed by atoms with Crippen LogP contribution in [0.4, 0.5) is 4.79 Å². The van der Waals surface area contributed by atoms with E-state index >= 15 is 0 Å². The lowest BCUT2D eigenvalue weighted by molar-refractivity contribution is -0.128. The van der Waals surface area contributed by atoms with Crippen LogP contribution in [0.25, 0.3) is 0 Å². The second-order valence-electron chi connectivity index (χ2n) is 14.3. The SMILES string of the molecule is CC(=O)N[C@@H](CCCCN)C(=O)NCCCC1=C2C[C@@H](C)C[C@H](C)[C@H](O)[C@@H](C)/C=C(\C)[C@H](OC(N)=O)[C@@H](C)/C=C\C=C(/C)C(=O)NC(=CC1=O)C2=O. The number of primary amides is 1. The minimum absolute atomic E-state index is 0.121. The molecule has 8 N–H and O–H groups in total. The highest BCUT2D eigenvalue weighted by Crippen LogP contribution is 2.32. The van der Waals surface area contributed by atoms with Crippen LogP contribution in [0, 0.1) is 23.7 Å². The summed E-state index contributed by atoms with van der Waals surface area (Å²) < 4.78 is 5.43. The van der Waals surface area contributed by atoms with E-state index in [2.05, 4.69) is 16.0 Å². The molecule has 2 rings (SSSR count). The Labute approximate surface area is 307 Å². The fourth-order valence-corrected chi connectivity index (χ4v) is 6.77.